The summed E-state index contributed by atoms with van der Waals surface area (Å²) in [5, 5.41) is 5.48. The normalized spacial score (nSPS) is 21.2. The Morgan fingerprint density at radius 1 is 1.09 bits per heavy atom. The Kier molecular flexibility index (Phi) is 7.27. The SMILES string of the molecule is COCCN(C)Cc1cccc(OC[C@@H]2CC[C@@H]3CN(c4noc5ccccc45)CCN3C2)n1. The number of hydrogen-bond donors (Lipinski definition) is 0. The average molecular weight is 466 g/mol. The van der Waals surface area contributed by atoms with Crippen LogP contribution in [0, 0.1) is 5.92 Å². The van der Waals surface area contributed by atoms with Crippen molar-refractivity contribution in [2.75, 3.05) is 65.0 Å². The zero-order valence-electron chi connectivity index (χ0n) is 20.2. The Morgan fingerprint density at radius 2 is 2.00 bits per heavy atom. The molecule has 8 nitrogen and oxygen atoms in total. The molecule has 1 aromatic carbocycles. The molecule has 0 aliphatic carbocycles. The standard InChI is InChI=1S/C26H35N5O3/c1-29(14-15-32-2)17-21-6-5-9-25(27-21)33-19-20-10-11-22-18-31(13-12-30(22)16-20)26-23-7-3-4-8-24(23)34-28-26/h3-9,20,22H,10-19H2,1-2H3/t20-,22-/m1/s1. The van der Waals surface area contributed by atoms with Gasteiger partial charge in [0.1, 0.15) is 0 Å². The first-order valence-corrected chi connectivity index (χ1v) is 12.3. The lowest BCUT2D eigenvalue weighted by Gasteiger charge is -2.46. The Bertz CT molecular complexity index is 1070. The Labute approximate surface area is 201 Å². The van der Waals surface area contributed by atoms with E-state index in [1.807, 2.05) is 24.3 Å². The molecule has 8 heteroatoms. The van der Waals surface area contributed by atoms with E-state index >= 15 is 0 Å². The second-order valence-corrected chi connectivity index (χ2v) is 9.55. The van der Waals surface area contributed by atoms with Crippen molar-refractivity contribution in [3.8, 4) is 5.88 Å². The molecule has 2 aliphatic heterocycles. The monoisotopic (exact) mass is 465 g/mol. The van der Waals surface area contributed by atoms with Gasteiger partial charge in [-0.1, -0.05) is 23.4 Å². The van der Waals surface area contributed by atoms with Gasteiger partial charge in [-0.05, 0) is 38.1 Å². The van der Waals surface area contributed by atoms with E-state index in [-0.39, 0.29) is 0 Å². The molecule has 4 heterocycles. The number of ether oxygens (including phenoxy) is 2. The molecule has 0 N–H and O–H groups in total. The molecule has 0 unspecified atom stereocenters. The molecule has 0 bridgehead atoms. The fourth-order valence-corrected chi connectivity index (χ4v) is 5.12. The molecule has 0 amide bonds. The molecule has 0 spiro atoms. The maximum Gasteiger partial charge on any atom is 0.213 e. The van der Waals surface area contributed by atoms with Crippen LogP contribution in [0.25, 0.3) is 11.0 Å². The zero-order chi connectivity index (χ0) is 23.3. The molecule has 3 aromatic rings. The number of pyridine rings is 1. The number of likely N-dealkylation sites (N-methyl/N-ethyl adjacent to an activating group) is 1. The quantitative estimate of drug-likeness (QED) is 0.477. The third-order valence-corrected chi connectivity index (χ3v) is 7.02. The van der Waals surface area contributed by atoms with E-state index in [2.05, 4.69) is 45.1 Å². The number of piperazine rings is 1. The van der Waals surface area contributed by atoms with Crippen molar-refractivity contribution in [3.63, 3.8) is 0 Å². The summed E-state index contributed by atoms with van der Waals surface area (Å²) < 4.78 is 16.8. The van der Waals surface area contributed by atoms with Gasteiger partial charge in [-0.2, -0.15) is 0 Å². The second kappa shape index (κ2) is 10.7. The minimum Gasteiger partial charge on any atom is -0.477 e. The van der Waals surface area contributed by atoms with Crippen LogP contribution in [0.2, 0.25) is 0 Å². The minimum absolute atomic E-state index is 0.533. The summed E-state index contributed by atoms with van der Waals surface area (Å²) in [6.45, 7) is 7.21. The summed E-state index contributed by atoms with van der Waals surface area (Å²) >= 11 is 0. The molecule has 5 rings (SSSR count). The van der Waals surface area contributed by atoms with Gasteiger partial charge >= 0.3 is 0 Å². The Hall–Kier alpha value is -2.68. The summed E-state index contributed by atoms with van der Waals surface area (Å²) in [7, 11) is 3.81. The van der Waals surface area contributed by atoms with E-state index in [0.29, 0.717) is 12.0 Å². The van der Waals surface area contributed by atoms with E-state index in [1.165, 1.54) is 12.8 Å². The number of aromatic nitrogens is 2. The first-order chi connectivity index (χ1) is 16.7. The second-order valence-electron chi connectivity index (χ2n) is 9.55. The van der Waals surface area contributed by atoms with E-state index in [4.69, 9.17) is 19.0 Å². The molecule has 2 aromatic heterocycles. The third kappa shape index (κ3) is 5.35. The van der Waals surface area contributed by atoms with E-state index < -0.39 is 0 Å². The highest BCUT2D eigenvalue weighted by Crippen LogP contribution is 2.31. The first kappa shape index (κ1) is 23.1. The molecular weight excluding hydrogens is 430 g/mol. The molecular formula is C26H35N5O3. The fraction of sp³-hybridized carbons (Fsp3) is 0.538. The van der Waals surface area contributed by atoms with Crippen LogP contribution in [0.4, 0.5) is 5.82 Å². The van der Waals surface area contributed by atoms with Gasteiger partial charge in [-0.3, -0.25) is 9.80 Å². The minimum atomic E-state index is 0.533. The lowest BCUT2D eigenvalue weighted by atomic mass is 9.91. The first-order valence-electron chi connectivity index (χ1n) is 12.3. The van der Waals surface area contributed by atoms with Crippen molar-refractivity contribution in [1.82, 2.24) is 19.9 Å². The van der Waals surface area contributed by atoms with Gasteiger partial charge in [0.15, 0.2) is 11.4 Å². The molecule has 2 aliphatic rings. The Balaban J connectivity index is 1.12. The zero-order valence-corrected chi connectivity index (χ0v) is 20.2. The summed E-state index contributed by atoms with van der Waals surface area (Å²) in [4.78, 5) is 11.9. The number of nitrogens with zero attached hydrogens (tertiary/aromatic N) is 5. The predicted molar refractivity (Wildman–Crippen MR) is 132 cm³/mol. The average Bonchev–Trinajstić information content (AvgIpc) is 3.30. The number of methoxy groups -OCH3 is 1. The summed E-state index contributed by atoms with van der Waals surface area (Å²) in [6.07, 6.45) is 2.35. The van der Waals surface area contributed by atoms with Gasteiger partial charge in [0, 0.05) is 64.4 Å². The topological polar surface area (TPSA) is 67.1 Å². The van der Waals surface area contributed by atoms with Crippen LogP contribution in [0.1, 0.15) is 18.5 Å². The van der Waals surface area contributed by atoms with E-state index in [0.717, 1.165) is 80.8 Å². The van der Waals surface area contributed by atoms with Crippen LogP contribution in [-0.4, -0.2) is 86.1 Å². The number of benzene rings is 1. The summed E-state index contributed by atoms with van der Waals surface area (Å²) in [6, 6.07) is 14.7. The van der Waals surface area contributed by atoms with Gasteiger partial charge in [0.2, 0.25) is 5.88 Å². The van der Waals surface area contributed by atoms with Crippen LogP contribution < -0.4 is 9.64 Å². The molecule has 0 radical (unpaired) electrons. The van der Waals surface area contributed by atoms with Gasteiger partial charge in [-0.25, -0.2) is 4.98 Å². The number of hydrogen-bond acceptors (Lipinski definition) is 8. The molecule has 2 atom stereocenters. The van der Waals surface area contributed by atoms with Crippen LogP contribution in [0.5, 0.6) is 5.88 Å². The molecule has 0 saturated carbocycles. The number of anilines is 1. The van der Waals surface area contributed by atoms with Crippen LogP contribution in [0.15, 0.2) is 47.0 Å². The largest absolute Gasteiger partial charge is 0.477 e. The highest BCUT2D eigenvalue weighted by molar-refractivity contribution is 5.88. The maximum absolute atomic E-state index is 6.14. The number of para-hydroxylation sites is 1. The van der Waals surface area contributed by atoms with Crippen LogP contribution in [-0.2, 0) is 11.3 Å². The van der Waals surface area contributed by atoms with Gasteiger partial charge in [0.05, 0.1) is 24.3 Å². The van der Waals surface area contributed by atoms with Crippen molar-refractivity contribution in [2.24, 2.45) is 5.92 Å². The van der Waals surface area contributed by atoms with Gasteiger partial charge in [-0.15, -0.1) is 0 Å². The van der Waals surface area contributed by atoms with E-state index in [1.54, 1.807) is 7.11 Å². The molecule has 182 valence electrons. The van der Waals surface area contributed by atoms with Crippen LogP contribution in [0.3, 0.4) is 0 Å². The number of rotatable bonds is 9. The highest BCUT2D eigenvalue weighted by Gasteiger charge is 2.34. The fourth-order valence-electron chi connectivity index (χ4n) is 5.12. The maximum atomic E-state index is 6.14. The molecule has 2 fully saturated rings. The number of piperidine rings is 1. The van der Waals surface area contributed by atoms with Crippen LogP contribution >= 0.6 is 0 Å². The van der Waals surface area contributed by atoms with Crippen molar-refractivity contribution in [1.29, 1.82) is 0 Å². The smallest absolute Gasteiger partial charge is 0.213 e. The summed E-state index contributed by atoms with van der Waals surface area (Å²) in [5.74, 6) is 2.24. The van der Waals surface area contributed by atoms with Gasteiger partial charge in [0.25, 0.3) is 0 Å². The third-order valence-electron chi connectivity index (χ3n) is 7.02. The van der Waals surface area contributed by atoms with Crippen molar-refractivity contribution in [2.45, 2.75) is 25.4 Å². The molecule has 34 heavy (non-hydrogen) atoms. The number of fused-ring (bicyclic) bond motifs is 2. The van der Waals surface area contributed by atoms with E-state index in [9.17, 15) is 0 Å². The van der Waals surface area contributed by atoms with Crippen molar-refractivity contribution in [3.05, 3.63) is 48.2 Å². The lowest BCUT2D eigenvalue weighted by Crippen LogP contribution is -2.57. The Morgan fingerprint density at radius 3 is 2.91 bits per heavy atom. The predicted octanol–water partition coefficient (Wildman–Crippen LogP) is 3.28. The lowest BCUT2D eigenvalue weighted by molar-refractivity contribution is 0.0716. The summed E-state index contributed by atoms with van der Waals surface area (Å²) in [5.41, 5.74) is 1.89. The van der Waals surface area contributed by atoms with Gasteiger partial charge < -0.3 is 18.9 Å². The van der Waals surface area contributed by atoms with Crippen molar-refractivity contribution >= 4 is 16.8 Å². The highest BCUT2D eigenvalue weighted by atomic mass is 16.5. The van der Waals surface area contributed by atoms with Crippen molar-refractivity contribution < 1.29 is 14.0 Å². The molecule has 2 saturated heterocycles.